The number of rotatable bonds is 6. The van der Waals surface area contributed by atoms with E-state index in [2.05, 4.69) is 10.3 Å². The Hall–Kier alpha value is -2.18. The molecule has 1 heterocycles. The zero-order valence-corrected chi connectivity index (χ0v) is 14.1. The number of nitrogens with one attached hydrogen (secondary N) is 1. The molecule has 2 rings (SSSR count). The van der Waals surface area contributed by atoms with Gasteiger partial charge in [-0.05, 0) is 25.1 Å². The third-order valence-corrected chi connectivity index (χ3v) is 3.57. The Kier molecular flexibility index (Phi) is 6.11. The van der Waals surface area contributed by atoms with Crippen LogP contribution in [-0.4, -0.2) is 23.3 Å². The number of ketones is 1. The second kappa shape index (κ2) is 8.08. The summed E-state index contributed by atoms with van der Waals surface area (Å²) in [4.78, 5) is 27.6. The lowest BCUT2D eigenvalue weighted by Crippen LogP contribution is -2.14. The highest BCUT2D eigenvalue weighted by molar-refractivity contribution is 6.33. The van der Waals surface area contributed by atoms with Gasteiger partial charge < -0.3 is 10.1 Å². The van der Waals surface area contributed by atoms with E-state index in [1.54, 1.807) is 31.2 Å². The van der Waals surface area contributed by atoms with Crippen LogP contribution >= 0.6 is 23.2 Å². The first-order chi connectivity index (χ1) is 11.4. The minimum absolute atomic E-state index is 0.00352. The number of Topliss-reactive ketones (excluding diaryl/α,β-unsaturated/α-hetero) is 1. The van der Waals surface area contributed by atoms with Gasteiger partial charge in [-0.3, -0.25) is 9.59 Å². The van der Waals surface area contributed by atoms with Crippen molar-refractivity contribution in [2.24, 2.45) is 0 Å². The molecular weight excluding hydrogens is 358 g/mol. The molecule has 0 aliphatic rings. The summed E-state index contributed by atoms with van der Waals surface area (Å²) in [6.07, 6.45) is -0.534. The van der Waals surface area contributed by atoms with E-state index in [9.17, 15) is 14.0 Å². The Morgan fingerprint density at radius 2 is 2.00 bits per heavy atom. The van der Waals surface area contributed by atoms with Gasteiger partial charge in [0, 0.05) is 0 Å². The number of ether oxygens (including phenoxy) is 1. The highest BCUT2D eigenvalue weighted by Gasteiger charge is 2.20. The number of hydrogen-bond acceptors (Lipinski definition) is 5. The van der Waals surface area contributed by atoms with E-state index in [0.717, 1.165) is 6.07 Å². The summed E-state index contributed by atoms with van der Waals surface area (Å²) >= 11 is 11.7. The lowest BCUT2D eigenvalue weighted by atomic mass is 10.1. The van der Waals surface area contributed by atoms with Crippen molar-refractivity contribution in [2.45, 2.75) is 13.3 Å². The molecule has 0 bridgehead atoms. The molecule has 1 aromatic carbocycles. The van der Waals surface area contributed by atoms with E-state index in [1.165, 1.54) is 0 Å². The number of pyridine rings is 1. The smallest absolute Gasteiger partial charge is 0.313 e. The highest BCUT2D eigenvalue weighted by atomic mass is 35.5. The van der Waals surface area contributed by atoms with Crippen LogP contribution in [-0.2, 0) is 9.53 Å². The Bertz CT molecular complexity index is 784. The van der Waals surface area contributed by atoms with Crippen molar-refractivity contribution in [3.8, 4) is 0 Å². The molecule has 5 nitrogen and oxygen atoms in total. The molecule has 126 valence electrons. The second-order valence-corrected chi connectivity index (χ2v) is 5.43. The van der Waals surface area contributed by atoms with E-state index in [0.29, 0.717) is 10.7 Å². The molecule has 0 saturated heterocycles. The van der Waals surface area contributed by atoms with Gasteiger partial charge in [-0.25, -0.2) is 9.37 Å². The predicted octanol–water partition coefficient (Wildman–Crippen LogP) is 4.41. The topological polar surface area (TPSA) is 68.3 Å². The van der Waals surface area contributed by atoms with Gasteiger partial charge in [-0.15, -0.1) is 0 Å². The van der Waals surface area contributed by atoms with Crippen molar-refractivity contribution in [2.75, 3.05) is 11.9 Å². The molecule has 8 heteroatoms. The summed E-state index contributed by atoms with van der Waals surface area (Å²) in [6, 6.07) is 7.66. The quantitative estimate of drug-likeness (QED) is 0.353. The van der Waals surface area contributed by atoms with E-state index in [1.807, 2.05) is 0 Å². The van der Waals surface area contributed by atoms with Crippen LogP contribution in [0.4, 0.5) is 15.9 Å². The van der Waals surface area contributed by atoms with Gasteiger partial charge in [0.15, 0.2) is 16.8 Å². The summed E-state index contributed by atoms with van der Waals surface area (Å²) in [7, 11) is 0. The molecule has 0 spiro atoms. The highest BCUT2D eigenvalue weighted by Crippen LogP contribution is 2.28. The van der Waals surface area contributed by atoms with E-state index < -0.39 is 29.1 Å². The first-order valence-electron chi connectivity index (χ1n) is 6.98. The van der Waals surface area contributed by atoms with E-state index in [4.69, 9.17) is 27.9 Å². The number of nitrogens with zero attached hydrogens (tertiary/aromatic N) is 1. The van der Waals surface area contributed by atoms with E-state index in [-0.39, 0.29) is 18.0 Å². The number of halogens is 3. The molecule has 1 N–H and O–H groups in total. The lowest BCUT2D eigenvalue weighted by Gasteiger charge is -2.12. The van der Waals surface area contributed by atoms with Crippen LogP contribution in [0.1, 0.15) is 23.7 Å². The molecule has 0 radical (unpaired) electrons. The maximum absolute atomic E-state index is 13.7. The number of carbonyl (C=O) groups is 2. The van der Waals surface area contributed by atoms with Crippen molar-refractivity contribution in [1.82, 2.24) is 4.98 Å². The number of hydrogen-bond donors (Lipinski definition) is 1. The predicted molar refractivity (Wildman–Crippen MR) is 89.5 cm³/mol. The van der Waals surface area contributed by atoms with Crippen LogP contribution in [0.2, 0.25) is 10.2 Å². The fraction of sp³-hybridized carbons (Fsp3) is 0.188. The van der Waals surface area contributed by atoms with Gasteiger partial charge in [0.25, 0.3) is 0 Å². The molecule has 0 saturated carbocycles. The molecule has 2 aromatic rings. The van der Waals surface area contributed by atoms with Gasteiger partial charge >= 0.3 is 5.97 Å². The van der Waals surface area contributed by atoms with Gasteiger partial charge in [0.2, 0.25) is 0 Å². The normalized spacial score (nSPS) is 10.3. The third kappa shape index (κ3) is 4.43. The van der Waals surface area contributed by atoms with Crippen LogP contribution in [0.3, 0.4) is 0 Å². The summed E-state index contributed by atoms with van der Waals surface area (Å²) in [5.41, 5.74) is 0.337. The third-order valence-electron chi connectivity index (χ3n) is 2.97. The van der Waals surface area contributed by atoms with E-state index >= 15 is 0 Å². The van der Waals surface area contributed by atoms with Crippen molar-refractivity contribution < 1.29 is 18.7 Å². The first kappa shape index (κ1) is 18.2. The molecule has 0 atom stereocenters. The van der Waals surface area contributed by atoms with Crippen LogP contribution in [0.5, 0.6) is 0 Å². The molecule has 1 aromatic heterocycles. The fourth-order valence-electron chi connectivity index (χ4n) is 1.90. The van der Waals surface area contributed by atoms with Crippen molar-refractivity contribution in [1.29, 1.82) is 0 Å². The SMILES string of the molecule is CCOC(=O)CC(=O)c1cc(F)c(Cl)nc1Nc1ccccc1Cl. The number of benzene rings is 1. The maximum Gasteiger partial charge on any atom is 0.313 e. The zero-order chi connectivity index (χ0) is 17.7. The Morgan fingerprint density at radius 3 is 2.67 bits per heavy atom. The monoisotopic (exact) mass is 370 g/mol. The summed E-state index contributed by atoms with van der Waals surface area (Å²) in [6.45, 7) is 1.76. The van der Waals surface area contributed by atoms with Crippen LogP contribution in [0.15, 0.2) is 30.3 Å². The fourth-order valence-corrected chi connectivity index (χ4v) is 2.22. The Labute approximate surface area is 147 Å². The Morgan fingerprint density at radius 1 is 1.29 bits per heavy atom. The average Bonchev–Trinajstić information content (AvgIpc) is 2.53. The molecule has 0 aliphatic carbocycles. The Balaban J connectivity index is 2.36. The average molecular weight is 371 g/mol. The van der Waals surface area contributed by atoms with Crippen LogP contribution < -0.4 is 5.32 Å². The number of para-hydroxylation sites is 1. The lowest BCUT2D eigenvalue weighted by molar-refractivity contribution is -0.141. The molecule has 24 heavy (non-hydrogen) atoms. The van der Waals surface area contributed by atoms with Crippen molar-refractivity contribution in [3.63, 3.8) is 0 Å². The first-order valence-corrected chi connectivity index (χ1v) is 7.74. The molecular formula is C16H13Cl2FN2O3. The number of anilines is 2. The largest absolute Gasteiger partial charge is 0.466 e. The van der Waals surface area contributed by atoms with Gasteiger partial charge in [-0.2, -0.15) is 0 Å². The second-order valence-electron chi connectivity index (χ2n) is 4.67. The molecule has 0 amide bonds. The summed E-state index contributed by atoms with van der Waals surface area (Å²) < 4.78 is 18.4. The van der Waals surface area contributed by atoms with Gasteiger partial charge in [-0.1, -0.05) is 35.3 Å². The number of aromatic nitrogens is 1. The van der Waals surface area contributed by atoms with Crippen LogP contribution in [0.25, 0.3) is 0 Å². The maximum atomic E-state index is 13.7. The van der Waals surface area contributed by atoms with Gasteiger partial charge in [0.05, 0.1) is 22.9 Å². The summed E-state index contributed by atoms with van der Waals surface area (Å²) in [5, 5.41) is 2.80. The van der Waals surface area contributed by atoms with Crippen molar-refractivity contribution in [3.05, 3.63) is 51.9 Å². The minimum atomic E-state index is -0.867. The standard InChI is InChI=1S/C16H13Cl2FN2O3/c1-2-24-14(23)8-13(22)9-7-11(19)15(18)21-16(9)20-12-6-4-3-5-10(12)17/h3-7H,2,8H2,1H3,(H,20,21). The van der Waals surface area contributed by atoms with Gasteiger partial charge in [0.1, 0.15) is 12.2 Å². The van der Waals surface area contributed by atoms with Crippen molar-refractivity contribution >= 4 is 46.5 Å². The zero-order valence-electron chi connectivity index (χ0n) is 12.6. The molecule has 0 fully saturated rings. The molecule has 0 unspecified atom stereocenters. The number of esters is 1. The van der Waals surface area contributed by atoms with Crippen LogP contribution in [0, 0.1) is 5.82 Å². The molecule has 0 aliphatic heterocycles. The minimum Gasteiger partial charge on any atom is -0.466 e. The number of carbonyl (C=O) groups excluding carboxylic acids is 2. The summed E-state index contributed by atoms with van der Waals surface area (Å²) in [5.74, 6) is -2.22.